The maximum atomic E-state index is 12.9. The van der Waals surface area contributed by atoms with Crippen molar-refractivity contribution in [2.24, 2.45) is 5.92 Å². The first-order valence-electron chi connectivity index (χ1n) is 7.23. The molecule has 1 aliphatic rings. The SMILES string of the molecule is Cc1ccc(S(=O)(=O)N2CCN(C(=O)CCl)C2C(C)C)cc1. The lowest BCUT2D eigenvalue weighted by atomic mass is 10.1. The maximum absolute atomic E-state index is 12.9. The van der Waals surface area contributed by atoms with E-state index in [1.54, 1.807) is 29.2 Å². The number of carbonyl (C=O) groups excluding carboxylic acids is 1. The fourth-order valence-electron chi connectivity index (χ4n) is 2.78. The number of hydrogen-bond donors (Lipinski definition) is 0. The Labute approximate surface area is 136 Å². The van der Waals surface area contributed by atoms with Gasteiger partial charge in [0.25, 0.3) is 0 Å². The van der Waals surface area contributed by atoms with Gasteiger partial charge in [-0.1, -0.05) is 31.5 Å². The molecule has 1 saturated heterocycles. The van der Waals surface area contributed by atoms with Crippen LogP contribution in [0, 0.1) is 12.8 Å². The molecule has 0 bridgehead atoms. The van der Waals surface area contributed by atoms with Crippen LogP contribution < -0.4 is 0 Å². The molecule has 0 saturated carbocycles. The second-order valence-corrected chi connectivity index (χ2v) is 7.97. The number of aryl methyl sites for hydroxylation is 1. The fraction of sp³-hybridized carbons (Fsp3) is 0.533. The number of rotatable bonds is 4. The lowest BCUT2D eigenvalue weighted by Gasteiger charge is -2.32. The van der Waals surface area contributed by atoms with Crippen LogP contribution in [0.4, 0.5) is 0 Å². The average Bonchev–Trinajstić information content (AvgIpc) is 2.92. The minimum absolute atomic E-state index is 0.0186. The highest BCUT2D eigenvalue weighted by Gasteiger charge is 2.43. The van der Waals surface area contributed by atoms with Crippen molar-refractivity contribution in [3.63, 3.8) is 0 Å². The Kier molecular flexibility index (Phi) is 5.14. The van der Waals surface area contributed by atoms with Gasteiger partial charge in [0.15, 0.2) is 0 Å². The molecule has 1 aliphatic heterocycles. The number of sulfonamides is 1. The van der Waals surface area contributed by atoms with E-state index >= 15 is 0 Å². The normalized spacial score (nSPS) is 19.9. The van der Waals surface area contributed by atoms with E-state index < -0.39 is 16.2 Å². The lowest BCUT2D eigenvalue weighted by molar-refractivity contribution is -0.131. The largest absolute Gasteiger partial charge is 0.323 e. The van der Waals surface area contributed by atoms with E-state index in [0.29, 0.717) is 13.1 Å². The first kappa shape index (κ1) is 17.2. The van der Waals surface area contributed by atoms with Gasteiger partial charge in [-0.15, -0.1) is 11.6 Å². The van der Waals surface area contributed by atoms with Crippen LogP contribution >= 0.6 is 11.6 Å². The summed E-state index contributed by atoms with van der Waals surface area (Å²) in [7, 11) is -3.63. The number of carbonyl (C=O) groups is 1. The van der Waals surface area contributed by atoms with Crippen molar-refractivity contribution in [2.45, 2.75) is 31.8 Å². The molecule has 0 radical (unpaired) electrons. The molecule has 1 aromatic carbocycles. The predicted molar refractivity (Wildman–Crippen MR) is 86.1 cm³/mol. The third kappa shape index (κ3) is 3.14. The smallest absolute Gasteiger partial charge is 0.244 e. The van der Waals surface area contributed by atoms with E-state index in [2.05, 4.69) is 0 Å². The molecule has 122 valence electrons. The topological polar surface area (TPSA) is 57.7 Å². The van der Waals surface area contributed by atoms with Gasteiger partial charge in [-0.2, -0.15) is 4.31 Å². The molecule has 5 nitrogen and oxygen atoms in total. The second kappa shape index (κ2) is 6.56. The molecule has 1 unspecified atom stereocenters. The highest BCUT2D eigenvalue weighted by atomic mass is 35.5. The molecular weight excluding hydrogens is 324 g/mol. The van der Waals surface area contributed by atoms with Crippen LogP contribution in [0.25, 0.3) is 0 Å². The average molecular weight is 345 g/mol. The molecule has 0 spiro atoms. The third-order valence-corrected chi connectivity index (χ3v) is 5.95. The van der Waals surface area contributed by atoms with Crippen LogP contribution in [0.5, 0.6) is 0 Å². The van der Waals surface area contributed by atoms with Crippen molar-refractivity contribution in [3.8, 4) is 0 Å². The van der Waals surface area contributed by atoms with Crippen LogP contribution in [-0.2, 0) is 14.8 Å². The van der Waals surface area contributed by atoms with Gasteiger partial charge >= 0.3 is 0 Å². The third-order valence-electron chi connectivity index (χ3n) is 3.83. The summed E-state index contributed by atoms with van der Waals surface area (Å²) >= 11 is 5.64. The number of alkyl halides is 1. The van der Waals surface area contributed by atoms with Crippen molar-refractivity contribution in [1.82, 2.24) is 9.21 Å². The van der Waals surface area contributed by atoms with Gasteiger partial charge in [0.1, 0.15) is 12.0 Å². The Bertz CT molecular complexity index is 643. The fourth-order valence-corrected chi connectivity index (χ4v) is 4.64. The van der Waals surface area contributed by atoms with Crippen molar-refractivity contribution in [1.29, 1.82) is 0 Å². The van der Waals surface area contributed by atoms with Crippen LogP contribution in [-0.4, -0.2) is 48.7 Å². The van der Waals surface area contributed by atoms with Gasteiger partial charge in [-0.05, 0) is 25.0 Å². The molecule has 0 aromatic heterocycles. The molecule has 22 heavy (non-hydrogen) atoms. The monoisotopic (exact) mass is 344 g/mol. The summed E-state index contributed by atoms with van der Waals surface area (Å²) < 4.78 is 27.2. The summed E-state index contributed by atoms with van der Waals surface area (Å²) in [6.07, 6.45) is -0.488. The molecule has 1 amide bonds. The van der Waals surface area contributed by atoms with Crippen molar-refractivity contribution < 1.29 is 13.2 Å². The van der Waals surface area contributed by atoms with E-state index in [4.69, 9.17) is 11.6 Å². The Balaban J connectivity index is 2.38. The minimum atomic E-state index is -3.63. The predicted octanol–water partition coefficient (Wildman–Crippen LogP) is 2.05. The molecular formula is C15H21ClN2O3S. The van der Waals surface area contributed by atoms with Crippen LogP contribution in [0.3, 0.4) is 0 Å². The van der Waals surface area contributed by atoms with Gasteiger partial charge < -0.3 is 4.90 Å². The standard InChI is InChI=1S/C15H21ClN2O3S/c1-11(2)15-17(14(19)10-16)8-9-18(15)22(20,21)13-6-4-12(3)5-7-13/h4-7,11,15H,8-10H2,1-3H3. The van der Waals surface area contributed by atoms with E-state index in [1.807, 2.05) is 20.8 Å². The zero-order valence-electron chi connectivity index (χ0n) is 13.0. The molecule has 1 atom stereocenters. The number of hydrogen-bond acceptors (Lipinski definition) is 3. The molecule has 1 heterocycles. The number of amides is 1. The Hall–Kier alpha value is -1.11. The summed E-state index contributed by atoms with van der Waals surface area (Å²) in [5, 5.41) is 0. The number of benzene rings is 1. The van der Waals surface area contributed by atoms with Crippen LogP contribution in [0.1, 0.15) is 19.4 Å². The van der Waals surface area contributed by atoms with Gasteiger partial charge in [0.05, 0.1) is 4.90 Å². The summed E-state index contributed by atoms with van der Waals surface area (Å²) in [4.78, 5) is 13.8. The molecule has 0 N–H and O–H groups in total. The second-order valence-electron chi connectivity index (χ2n) is 5.81. The van der Waals surface area contributed by atoms with E-state index in [-0.39, 0.29) is 22.6 Å². The van der Waals surface area contributed by atoms with Gasteiger partial charge in [0, 0.05) is 13.1 Å². The molecule has 7 heteroatoms. The highest BCUT2D eigenvalue weighted by molar-refractivity contribution is 7.89. The van der Waals surface area contributed by atoms with E-state index in [0.717, 1.165) is 5.56 Å². The Morgan fingerprint density at radius 2 is 1.86 bits per heavy atom. The van der Waals surface area contributed by atoms with Crippen molar-refractivity contribution in [3.05, 3.63) is 29.8 Å². The first-order chi connectivity index (χ1) is 10.3. The van der Waals surface area contributed by atoms with E-state index in [1.165, 1.54) is 4.31 Å². The summed E-state index contributed by atoms with van der Waals surface area (Å²) in [5.74, 6) is -0.390. The van der Waals surface area contributed by atoms with Crippen molar-refractivity contribution in [2.75, 3.05) is 19.0 Å². The van der Waals surface area contributed by atoms with Gasteiger partial charge in [-0.3, -0.25) is 4.79 Å². The summed E-state index contributed by atoms with van der Waals surface area (Å²) in [6, 6.07) is 6.76. The van der Waals surface area contributed by atoms with E-state index in [9.17, 15) is 13.2 Å². The Morgan fingerprint density at radius 1 is 1.27 bits per heavy atom. The zero-order valence-corrected chi connectivity index (χ0v) is 14.6. The number of halogens is 1. The Morgan fingerprint density at radius 3 is 2.36 bits per heavy atom. The minimum Gasteiger partial charge on any atom is -0.323 e. The molecule has 1 fully saturated rings. The highest BCUT2D eigenvalue weighted by Crippen LogP contribution is 2.28. The molecule has 0 aliphatic carbocycles. The van der Waals surface area contributed by atoms with Gasteiger partial charge in [-0.25, -0.2) is 8.42 Å². The zero-order chi connectivity index (χ0) is 16.5. The summed E-state index contributed by atoms with van der Waals surface area (Å²) in [5.41, 5.74) is 1.000. The molecule has 1 aromatic rings. The van der Waals surface area contributed by atoms with Gasteiger partial charge in [0.2, 0.25) is 15.9 Å². The quantitative estimate of drug-likeness (QED) is 0.785. The maximum Gasteiger partial charge on any atom is 0.244 e. The van der Waals surface area contributed by atoms with Crippen LogP contribution in [0.15, 0.2) is 29.2 Å². The lowest BCUT2D eigenvalue weighted by Crippen LogP contribution is -2.48. The first-order valence-corrected chi connectivity index (χ1v) is 9.20. The number of nitrogens with zero attached hydrogens (tertiary/aromatic N) is 2. The summed E-state index contributed by atoms with van der Waals surface area (Å²) in [6.45, 7) is 6.38. The molecule has 2 rings (SSSR count). The van der Waals surface area contributed by atoms with Crippen molar-refractivity contribution >= 4 is 27.5 Å². The van der Waals surface area contributed by atoms with Crippen LogP contribution in [0.2, 0.25) is 0 Å².